The number of rotatable bonds is 11. The molecule has 0 aliphatic rings. The monoisotopic (exact) mass is 236 g/mol. The molecule has 0 fully saturated rings. The number of carbonyl (C=O) groups is 1. The lowest BCUT2D eigenvalue weighted by atomic mass is 10.4. The molecule has 1 atom stereocenters. The largest absolute Gasteiger partial charge is 0.479 e. The van der Waals surface area contributed by atoms with Crippen LogP contribution in [0.1, 0.15) is 6.42 Å². The summed E-state index contributed by atoms with van der Waals surface area (Å²) in [7, 11) is 3.06. The maximum absolute atomic E-state index is 10.6. The van der Waals surface area contributed by atoms with Gasteiger partial charge in [-0.1, -0.05) is 0 Å². The summed E-state index contributed by atoms with van der Waals surface area (Å²) in [6.45, 7) is 1.89. The van der Waals surface area contributed by atoms with Crippen molar-refractivity contribution in [1.82, 2.24) is 0 Å². The molecule has 6 nitrogen and oxygen atoms in total. The Bertz CT molecular complexity index is 173. The number of carboxylic acid groups (broad SMARTS) is 1. The Morgan fingerprint density at radius 3 is 2.44 bits per heavy atom. The number of ether oxygens (including phenoxy) is 4. The van der Waals surface area contributed by atoms with Crippen molar-refractivity contribution < 1.29 is 28.8 Å². The van der Waals surface area contributed by atoms with Crippen LogP contribution in [0.25, 0.3) is 0 Å². The summed E-state index contributed by atoms with van der Waals surface area (Å²) in [6, 6.07) is 0. The SMILES string of the molecule is COCCCOCCOC(COC)C(=O)O. The molecule has 0 rings (SSSR count). The molecule has 0 bridgehead atoms. The summed E-state index contributed by atoms with van der Waals surface area (Å²) in [4.78, 5) is 10.6. The number of methoxy groups -OCH3 is 2. The van der Waals surface area contributed by atoms with Crippen molar-refractivity contribution in [1.29, 1.82) is 0 Å². The molecule has 0 saturated carbocycles. The van der Waals surface area contributed by atoms with Crippen molar-refractivity contribution in [2.24, 2.45) is 0 Å². The van der Waals surface area contributed by atoms with Crippen LogP contribution in [0, 0.1) is 0 Å². The highest BCUT2D eigenvalue weighted by Crippen LogP contribution is 1.94. The summed E-state index contributed by atoms with van der Waals surface area (Å²) in [6.07, 6.45) is -0.107. The maximum Gasteiger partial charge on any atom is 0.335 e. The molecular weight excluding hydrogens is 216 g/mol. The first kappa shape index (κ1) is 15.3. The Balaban J connectivity index is 3.37. The van der Waals surface area contributed by atoms with E-state index in [4.69, 9.17) is 24.1 Å². The van der Waals surface area contributed by atoms with Gasteiger partial charge in [0.05, 0.1) is 19.8 Å². The van der Waals surface area contributed by atoms with E-state index in [1.807, 2.05) is 0 Å². The summed E-state index contributed by atoms with van der Waals surface area (Å²) >= 11 is 0. The summed E-state index contributed by atoms with van der Waals surface area (Å²) in [5.74, 6) is -1.03. The number of carboxylic acids is 1. The smallest absolute Gasteiger partial charge is 0.335 e. The van der Waals surface area contributed by atoms with Crippen molar-refractivity contribution in [3.8, 4) is 0 Å². The van der Waals surface area contributed by atoms with Gasteiger partial charge in [0, 0.05) is 27.4 Å². The first-order chi connectivity index (χ1) is 7.72. The van der Waals surface area contributed by atoms with Gasteiger partial charge in [0.2, 0.25) is 0 Å². The Morgan fingerprint density at radius 1 is 1.12 bits per heavy atom. The quantitative estimate of drug-likeness (QED) is 0.515. The zero-order valence-electron chi connectivity index (χ0n) is 9.81. The fourth-order valence-electron chi connectivity index (χ4n) is 0.999. The van der Waals surface area contributed by atoms with E-state index in [1.165, 1.54) is 7.11 Å². The van der Waals surface area contributed by atoms with Crippen molar-refractivity contribution in [3.05, 3.63) is 0 Å². The van der Waals surface area contributed by atoms with Crippen LogP contribution in [0.15, 0.2) is 0 Å². The molecule has 96 valence electrons. The normalized spacial score (nSPS) is 12.6. The second-order valence-corrected chi connectivity index (χ2v) is 3.11. The van der Waals surface area contributed by atoms with E-state index in [0.717, 1.165) is 6.42 Å². The minimum atomic E-state index is -1.03. The van der Waals surface area contributed by atoms with Gasteiger partial charge in [-0.15, -0.1) is 0 Å². The van der Waals surface area contributed by atoms with Crippen LogP contribution in [-0.2, 0) is 23.7 Å². The standard InChI is InChI=1S/C10H20O6/c1-13-4-3-5-15-6-7-16-9(8-14-2)10(11)12/h9H,3-8H2,1-2H3,(H,11,12). The Morgan fingerprint density at radius 2 is 1.88 bits per heavy atom. The lowest BCUT2D eigenvalue weighted by Gasteiger charge is -2.12. The molecule has 0 aromatic heterocycles. The van der Waals surface area contributed by atoms with E-state index in [0.29, 0.717) is 19.8 Å². The predicted molar refractivity (Wildman–Crippen MR) is 56.6 cm³/mol. The minimum Gasteiger partial charge on any atom is -0.479 e. The fraction of sp³-hybridized carbons (Fsp3) is 0.900. The lowest BCUT2D eigenvalue weighted by Crippen LogP contribution is -2.30. The molecule has 0 heterocycles. The summed E-state index contributed by atoms with van der Waals surface area (Å²) in [5, 5.41) is 8.71. The van der Waals surface area contributed by atoms with Crippen LogP contribution in [-0.4, -0.2) is 64.4 Å². The van der Waals surface area contributed by atoms with E-state index in [9.17, 15) is 4.79 Å². The van der Waals surface area contributed by atoms with Crippen LogP contribution in [0.3, 0.4) is 0 Å². The van der Waals surface area contributed by atoms with Gasteiger partial charge in [0.1, 0.15) is 0 Å². The molecule has 1 N–H and O–H groups in total. The van der Waals surface area contributed by atoms with Crippen molar-refractivity contribution in [2.45, 2.75) is 12.5 Å². The molecule has 0 amide bonds. The molecule has 16 heavy (non-hydrogen) atoms. The number of hydrogen-bond donors (Lipinski definition) is 1. The Labute approximate surface area is 95.4 Å². The summed E-state index contributed by atoms with van der Waals surface area (Å²) < 4.78 is 19.8. The van der Waals surface area contributed by atoms with Crippen LogP contribution >= 0.6 is 0 Å². The molecule has 0 aromatic rings. The molecule has 0 aliphatic heterocycles. The molecule has 0 aliphatic carbocycles. The van der Waals surface area contributed by atoms with Crippen LogP contribution < -0.4 is 0 Å². The molecular formula is C10H20O6. The number of hydrogen-bond acceptors (Lipinski definition) is 5. The Kier molecular flexibility index (Phi) is 10.3. The first-order valence-corrected chi connectivity index (χ1v) is 5.12. The maximum atomic E-state index is 10.6. The van der Waals surface area contributed by atoms with E-state index in [1.54, 1.807) is 7.11 Å². The van der Waals surface area contributed by atoms with Gasteiger partial charge in [0.25, 0.3) is 0 Å². The Hall–Kier alpha value is -0.690. The average molecular weight is 236 g/mol. The first-order valence-electron chi connectivity index (χ1n) is 5.12. The van der Waals surface area contributed by atoms with Crippen LogP contribution in [0.5, 0.6) is 0 Å². The highest BCUT2D eigenvalue weighted by molar-refractivity contribution is 5.72. The van der Waals surface area contributed by atoms with Gasteiger partial charge in [-0.2, -0.15) is 0 Å². The second-order valence-electron chi connectivity index (χ2n) is 3.11. The fourth-order valence-corrected chi connectivity index (χ4v) is 0.999. The van der Waals surface area contributed by atoms with Gasteiger partial charge in [-0.25, -0.2) is 4.79 Å². The third-order valence-electron chi connectivity index (χ3n) is 1.78. The third-order valence-corrected chi connectivity index (χ3v) is 1.78. The van der Waals surface area contributed by atoms with E-state index in [2.05, 4.69) is 0 Å². The van der Waals surface area contributed by atoms with Crippen LogP contribution in [0.4, 0.5) is 0 Å². The highest BCUT2D eigenvalue weighted by atomic mass is 16.6. The van der Waals surface area contributed by atoms with Gasteiger partial charge in [-0.3, -0.25) is 0 Å². The molecule has 0 saturated heterocycles. The highest BCUT2D eigenvalue weighted by Gasteiger charge is 2.17. The van der Waals surface area contributed by atoms with Gasteiger partial charge in [0.15, 0.2) is 6.10 Å². The lowest BCUT2D eigenvalue weighted by molar-refractivity contribution is -0.154. The van der Waals surface area contributed by atoms with Crippen molar-refractivity contribution >= 4 is 5.97 Å². The zero-order chi connectivity index (χ0) is 12.2. The van der Waals surface area contributed by atoms with Crippen molar-refractivity contribution in [2.75, 3.05) is 47.3 Å². The zero-order valence-corrected chi connectivity index (χ0v) is 9.81. The summed E-state index contributed by atoms with van der Waals surface area (Å²) in [5.41, 5.74) is 0. The molecule has 6 heteroatoms. The molecule has 1 unspecified atom stereocenters. The number of aliphatic carboxylic acids is 1. The topological polar surface area (TPSA) is 74.2 Å². The molecule has 0 radical (unpaired) electrons. The van der Waals surface area contributed by atoms with Crippen LogP contribution in [0.2, 0.25) is 0 Å². The minimum absolute atomic E-state index is 0.0407. The van der Waals surface area contributed by atoms with E-state index >= 15 is 0 Å². The van der Waals surface area contributed by atoms with Gasteiger partial charge >= 0.3 is 5.97 Å². The third kappa shape index (κ3) is 8.60. The van der Waals surface area contributed by atoms with Crippen molar-refractivity contribution in [3.63, 3.8) is 0 Å². The second kappa shape index (κ2) is 10.8. The molecule has 0 aromatic carbocycles. The predicted octanol–water partition coefficient (Wildman–Crippen LogP) is 0.156. The average Bonchev–Trinajstić information content (AvgIpc) is 2.26. The van der Waals surface area contributed by atoms with E-state index < -0.39 is 12.1 Å². The van der Waals surface area contributed by atoms with Gasteiger partial charge in [-0.05, 0) is 6.42 Å². The molecule has 0 spiro atoms. The van der Waals surface area contributed by atoms with E-state index in [-0.39, 0.29) is 13.2 Å². The van der Waals surface area contributed by atoms with Gasteiger partial charge < -0.3 is 24.1 Å².